The van der Waals surface area contributed by atoms with Crippen molar-refractivity contribution in [3.8, 4) is 11.4 Å². The summed E-state index contributed by atoms with van der Waals surface area (Å²) >= 11 is 0. The quantitative estimate of drug-likeness (QED) is 0.768. The van der Waals surface area contributed by atoms with E-state index < -0.39 is 47.3 Å². The van der Waals surface area contributed by atoms with E-state index >= 15 is 0 Å². The minimum atomic E-state index is -4.72. The number of ether oxygens (including phenoxy) is 1. The number of carboxylic acids is 1. The molecule has 0 radical (unpaired) electrons. The molecule has 1 aromatic heterocycles. The summed E-state index contributed by atoms with van der Waals surface area (Å²) in [6.07, 6.45) is -2.77. The average Bonchev–Trinajstić information content (AvgIpc) is 3.36. The van der Waals surface area contributed by atoms with E-state index in [1.165, 1.54) is 4.57 Å². The summed E-state index contributed by atoms with van der Waals surface area (Å²) in [7, 11) is 0. The Morgan fingerprint density at radius 3 is 2.56 bits per heavy atom. The highest BCUT2D eigenvalue weighted by molar-refractivity contribution is 5.91. The molecule has 3 rings (SSSR count). The normalized spacial score (nSPS) is 14.4. The standard InChI is InChI=1S/C16H15F4N3O4/c1-2-13-21-23(15(26)22(13)8-3-4-8)11-6-12(27-7-16(18,19)20)9(14(24)25)5-10(11)17/h5-6,8H,2-4,7H2,1H3,(H,24,25). The molecule has 146 valence electrons. The lowest BCUT2D eigenvalue weighted by Crippen LogP contribution is -2.25. The number of halogens is 4. The van der Waals surface area contributed by atoms with Crippen molar-refractivity contribution < 1.29 is 32.2 Å². The number of hydrogen-bond donors (Lipinski definition) is 1. The van der Waals surface area contributed by atoms with E-state index in [2.05, 4.69) is 9.84 Å². The van der Waals surface area contributed by atoms with E-state index in [0.717, 1.165) is 23.6 Å². The van der Waals surface area contributed by atoms with Gasteiger partial charge in [0.15, 0.2) is 6.61 Å². The number of aromatic nitrogens is 3. The Hall–Kier alpha value is -2.85. The van der Waals surface area contributed by atoms with Crippen molar-refractivity contribution in [3.05, 3.63) is 39.8 Å². The van der Waals surface area contributed by atoms with E-state index in [-0.39, 0.29) is 6.04 Å². The molecule has 1 aliphatic carbocycles. The maximum Gasteiger partial charge on any atom is 0.422 e. The molecule has 1 heterocycles. The SMILES string of the molecule is CCc1nn(-c2cc(OCC(F)(F)F)c(C(=O)O)cc2F)c(=O)n1C1CC1. The second-order valence-corrected chi connectivity index (χ2v) is 6.07. The molecule has 0 unspecified atom stereocenters. The van der Waals surface area contributed by atoms with Gasteiger partial charge in [0.25, 0.3) is 0 Å². The molecule has 11 heteroatoms. The summed E-state index contributed by atoms with van der Waals surface area (Å²) in [5.74, 6) is -3.08. The van der Waals surface area contributed by atoms with Crippen molar-refractivity contribution in [2.75, 3.05) is 6.61 Å². The fourth-order valence-electron chi connectivity index (χ4n) is 2.67. The van der Waals surface area contributed by atoms with Gasteiger partial charge in [-0.3, -0.25) is 4.57 Å². The molecule has 1 aromatic carbocycles. The average molecular weight is 389 g/mol. The number of carbonyl (C=O) groups is 1. The van der Waals surface area contributed by atoms with Gasteiger partial charge in [0.05, 0.1) is 0 Å². The van der Waals surface area contributed by atoms with Crippen molar-refractivity contribution in [3.63, 3.8) is 0 Å². The fraction of sp³-hybridized carbons (Fsp3) is 0.438. The number of aromatic carboxylic acids is 1. The third kappa shape index (κ3) is 3.81. The topological polar surface area (TPSA) is 86.4 Å². The number of aryl methyl sites for hydroxylation is 1. The van der Waals surface area contributed by atoms with Gasteiger partial charge in [-0.2, -0.15) is 17.9 Å². The Bertz CT molecular complexity index is 944. The summed E-state index contributed by atoms with van der Waals surface area (Å²) in [5, 5.41) is 13.1. The van der Waals surface area contributed by atoms with Crippen molar-refractivity contribution in [2.45, 2.75) is 38.4 Å². The lowest BCUT2D eigenvalue weighted by Gasteiger charge is -2.13. The van der Waals surface area contributed by atoms with Crippen molar-refractivity contribution >= 4 is 5.97 Å². The summed E-state index contributed by atoms with van der Waals surface area (Å²) in [4.78, 5) is 23.8. The van der Waals surface area contributed by atoms with Crippen LogP contribution in [0.3, 0.4) is 0 Å². The number of rotatable bonds is 6. The number of carboxylic acid groups (broad SMARTS) is 1. The maximum absolute atomic E-state index is 14.4. The largest absolute Gasteiger partial charge is 0.483 e. The highest BCUT2D eigenvalue weighted by Gasteiger charge is 2.32. The van der Waals surface area contributed by atoms with Gasteiger partial charge >= 0.3 is 17.8 Å². The van der Waals surface area contributed by atoms with Crippen LogP contribution in [0.4, 0.5) is 17.6 Å². The molecule has 0 spiro atoms. The van der Waals surface area contributed by atoms with Crippen LogP contribution in [0.15, 0.2) is 16.9 Å². The zero-order chi connectivity index (χ0) is 19.9. The maximum atomic E-state index is 14.4. The van der Waals surface area contributed by atoms with E-state index in [1.807, 2.05) is 0 Å². The summed E-state index contributed by atoms with van der Waals surface area (Å²) in [6.45, 7) is -0.00325. The zero-order valence-electron chi connectivity index (χ0n) is 14.1. The molecular weight excluding hydrogens is 374 g/mol. The molecular formula is C16H15F4N3O4. The first kappa shape index (κ1) is 18.9. The molecule has 0 atom stereocenters. The third-order valence-corrected chi connectivity index (χ3v) is 4.01. The Morgan fingerprint density at radius 1 is 1.37 bits per heavy atom. The summed E-state index contributed by atoms with van der Waals surface area (Å²) in [6, 6.07) is 1.22. The predicted octanol–water partition coefficient (Wildman–Crippen LogP) is 2.71. The third-order valence-electron chi connectivity index (χ3n) is 4.01. The molecule has 7 nitrogen and oxygen atoms in total. The highest BCUT2D eigenvalue weighted by atomic mass is 19.4. The number of benzene rings is 1. The van der Waals surface area contributed by atoms with Gasteiger partial charge in [-0.25, -0.2) is 14.0 Å². The Kier molecular flexibility index (Phi) is 4.70. The molecule has 1 fully saturated rings. The lowest BCUT2D eigenvalue weighted by molar-refractivity contribution is -0.153. The van der Waals surface area contributed by atoms with Crippen LogP contribution in [-0.2, 0) is 6.42 Å². The minimum absolute atomic E-state index is 0.0384. The first-order chi connectivity index (χ1) is 12.6. The molecule has 2 aromatic rings. The van der Waals surface area contributed by atoms with E-state index in [0.29, 0.717) is 18.3 Å². The second kappa shape index (κ2) is 6.71. The van der Waals surface area contributed by atoms with Crippen LogP contribution in [0.25, 0.3) is 5.69 Å². The van der Waals surface area contributed by atoms with Gasteiger partial charge in [0.2, 0.25) is 0 Å². The molecule has 0 bridgehead atoms. The van der Waals surface area contributed by atoms with Gasteiger partial charge in [0.1, 0.15) is 28.6 Å². The summed E-state index contributed by atoms with van der Waals surface area (Å²) in [5.41, 5.74) is -1.90. The Morgan fingerprint density at radius 2 is 2.04 bits per heavy atom. The first-order valence-electron chi connectivity index (χ1n) is 8.09. The molecule has 0 aliphatic heterocycles. The van der Waals surface area contributed by atoms with Gasteiger partial charge < -0.3 is 9.84 Å². The van der Waals surface area contributed by atoms with Crippen LogP contribution in [0.2, 0.25) is 0 Å². The first-order valence-corrected chi connectivity index (χ1v) is 8.09. The van der Waals surface area contributed by atoms with Gasteiger partial charge in [-0.05, 0) is 18.9 Å². The molecule has 1 aliphatic rings. The van der Waals surface area contributed by atoms with Crippen molar-refractivity contribution in [2.24, 2.45) is 0 Å². The van der Waals surface area contributed by atoms with Gasteiger partial charge in [0, 0.05) is 18.5 Å². The Balaban J connectivity index is 2.11. The zero-order valence-corrected chi connectivity index (χ0v) is 14.1. The minimum Gasteiger partial charge on any atom is -0.483 e. The Labute approximate surface area is 149 Å². The molecule has 0 amide bonds. The van der Waals surface area contributed by atoms with Crippen molar-refractivity contribution in [1.82, 2.24) is 14.3 Å². The van der Waals surface area contributed by atoms with Crippen LogP contribution in [0.1, 0.15) is 42.0 Å². The monoisotopic (exact) mass is 389 g/mol. The van der Waals surface area contributed by atoms with E-state index in [9.17, 15) is 27.2 Å². The van der Waals surface area contributed by atoms with Crippen LogP contribution in [0, 0.1) is 5.82 Å². The molecule has 1 saturated carbocycles. The molecule has 27 heavy (non-hydrogen) atoms. The van der Waals surface area contributed by atoms with Gasteiger partial charge in [-0.15, -0.1) is 5.10 Å². The number of alkyl halides is 3. The van der Waals surface area contributed by atoms with Crippen LogP contribution < -0.4 is 10.4 Å². The lowest BCUT2D eigenvalue weighted by atomic mass is 10.1. The van der Waals surface area contributed by atoms with Crippen LogP contribution in [0.5, 0.6) is 5.75 Å². The van der Waals surface area contributed by atoms with Crippen molar-refractivity contribution in [1.29, 1.82) is 0 Å². The molecule has 0 saturated heterocycles. The van der Waals surface area contributed by atoms with E-state index in [4.69, 9.17) is 5.11 Å². The van der Waals surface area contributed by atoms with Gasteiger partial charge in [-0.1, -0.05) is 6.92 Å². The number of nitrogens with zero attached hydrogens (tertiary/aromatic N) is 3. The fourth-order valence-corrected chi connectivity index (χ4v) is 2.67. The smallest absolute Gasteiger partial charge is 0.422 e. The molecule has 1 N–H and O–H groups in total. The van der Waals surface area contributed by atoms with Crippen LogP contribution in [-0.4, -0.2) is 38.2 Å². The predicted molar refractivity (Wildman–Crippen MR) is 83.9 cm³/mol. The number of hydrogen-bond acceptors (Lipinski definition) is 4. The van der Waals surface area contributed by atoms with Crippen LogP contribution >= 0.6 is 0 Å². The highest BCUT2D eigenvalue weighted by Crippen LogP contribution is 2.35. The summed E-state index contributed by atoms with van der Waals surface area (Å²) < 4.78 is 58.4. The second-order valence-electron chi connectivity index (χ2n) is 6.07. The van der Waals surface area contributed by atoms with E-state index in [1.54, 1.807) is 6.92 Å².